The lowest BCUT2D eigenvalue weighted by molar-refractivity contribution is -0.126. The fraction of sp³-hybridized carbons (Fsp3) is 0.350. The summed E-state index contributed by atoms with van der Waals surface area (Å²) >= 11 is 5.94. The van der Waals surface area contributed by atoms with Crippen LogP contribution in [0.15, 0.2) is 48.5 Å². The average molecular weight is 376 g/mol. The molecule has 1 saturated heterocycles. The number of piperazine rings is 1. The quantitative estimate of drug-likeness (QED) is 0.870. The molecule has 3 rings (SSSR count). The van der Waals surface area contributed by atoms with E-state index in [1.807, 2.05) is 31.2 Å². The van der Waals surface area contributed by atoms with Gasteiger partial charge < -0.3 is 10.2 Å². The van der Waals surface area contributed by atoms with Crippen LogP contribution in [-0.2, 0) is 11.3 Å². The van der Waals surface area contributed by atoms with Gasteiger partial charge in [0, 0.05) is 43.4 Å². The lowest BCUT2D eigenvalue weighted by atomic mass is 10.2. The SMILES string of the molecule is CC(C(=O)NCc1cccc(F)c1)N1CCN(c2ccc(Cl)cc2)CC1. The molecule has 1 fully saturated rings. The van der Waals surface area contributed by atoms with Crippen LogP contribution in [0.3, 0.4) is 0 Å². The number of hydrogen-bond donors (Lipinski definition) is 1. The molecule has 0 aliphatic carbocycles. The first-order chi connectivity index (χ1) is 12.5. The van der Waals surface area contributed by atoms with Crippen molar-refractivity contribution in [3.8, 4) is 0 Å². The summed E-state index contributed by atoms with van der Waals surface area (Å²) in [5.41, 5.74) is 1.91. The van der Waals surface area contributed by atoms with Gasteiger partial charge in [-0.25, -0.2) is 4.39 Å². The van der Waals surface area contributed by atoms with Crippen LogP contribution in [-0.4, -0.2) is 43.0 Å². The van der Waals surface area contributed by atoms with E-state index in [9.17, 15) is 9.18 Å². The number of nitrogens with one attached hydrogen (secondary N) is 1. The van der Waals surface area contributed by atoms with Crippen molar-refractivity contribution in [2.45, 2.75) is 19.5 Å². The standard InChI is InChI=1S/C20H23ClFN3O/c1-15(20(26)23-14-16-3-2-4-18(22)13-16)24-9-11-25(12-10-24)19-7-5-17(21)6-8-19/h2-8,13,15H,9-12,14H2,1H3,(H,23,26). The smallest absolute Gasteiger partial charge is 0.237 e. The van der Waals surface area contributed by atoms with Crippen molar-refractivity contribution in [3.63, 3.8) is 0 Å². The summed E-state index contributed by atoms with van der Waals surface area (Å²) in [4.78, 5) is 16.9. The number of hydrogen-bond acceptors (Lipinski definition) is 3. The van der Waals surface area contributed by atoms with Gasteiger partial charge in [-0.2, -0.15) is 0 Å². The maximum absolute atomic E-state index is 13.2. The summed E-state index contributed by atoms with van der Waals surface area (Å²) in [6, 6.07) is 13.9. The molecule has 1 unspecified atom stereocenters. The summed E-state index contributed by atoms with van der Waals surface area (Å²) in [5, 5.41) is 3.63. The first kappa shape index (κ1) is 18.7. The highest BCUT2D eigenvalue weighted by Gasteiger charge is 2.25. The molecule has 6 heteroatoms. The van der Waals surface area contributed by atoms with Crippen molar-refractivity contribution in [2.24, 2.45) is 0 Å². The topological polar surface area (TPSA) is 35.6 Å². The molecule has 2 aromatic carbocycles. The Labute approximate surface area is 158 Å². The van der Waals surface area contributed by atoms with E-state index in [1.165, 1.54) is 12.1 Å². The summed E-state index contributed by atoms with van der Waals surface area (Å²) in [7, 11) is 0. The number of carbonyl (C=O) groups excluding carboxylic acids is 1. The monoisotopic (exact) mass is 375 g/mol. The fourth-order valence-corrected chi connectivity index (χ4v) is 3.29. The Morgan fingerprint density at radius 2 is 1.85 bits per heavy atom. The molecule has 4 nitrogen and oxygen atoms in total. The van der Waals surface area contributed by atoms with E-state index >= 15 is 0 Å². The van der Waals surface area contributed by atoms with E-state index in [1.54, 1.807) is 12.1 Å². The van der Waals surface area contributed by atoms with Gasteiger partial charge in [0.2, 0.25) is 5.91 Å². The van der Waals surface area contributed by atoms with Crippen LogP contribution < -0.4 is 10.2 Å². The number of benzene rings is 2. The van der Waals surface area contributed by atoms with Crippen LogP contribution in [0.2, 0.25) is 5.02 Å². The predicted molar refractivity (Wildman–Crippen MR) is 103 cm³/mol. The zero-order valence-electron chi connectivity index (χ0n) is 14.8. The van der Waals surface area contributed by atoms with Crippen molar-refractivity contribution < 1.29 is 9.18 Å². The molecule has 0 aromatic heterocycles. The van der Waals surface area contributed by atoms with Crippen LogP contribution in [0.4, 0.5) is 10.1 Å². The number of halogens is 2. The maximum Gasteiger partial charge on any atom is 0.237 e. The zero-order valence-corrected chi connectivity index (χ0v) is 15.5. The van der Waals surface area contributed by atoms with Crippen LogP contribution in [0, 0.1) is 5.82 Å². The normalized spacial score (nSPS) is 16.3. The number of rotatable bonds is 5. The molecule has 0 spiro atoms. The van der Waals surface area contributed by atoms with Gasteiger partial charge in [-0.05, 0) is 48.9 Å². The first-order valence-corrected chi connectivity index (χ1v) is 9.17. The van der Waals surface area contributed by atoms with Crippen molar-refractivity contribution >= 4 is 23.2 Å². The summed E-state index contributed by atoms with van der Waals surface area (Å²) in [6.07, 6.45) is 0. The first-order valence-electron chi connectivity index (χ1n) is 8.79. The van der Waals surface area contributed by atoms with Crippen molar-refractivity contribution in [2.75, 3.05) is 31.1 Å². The molecule has 26 heavy (non-hydrogen) atoms. The largest absolute Gasteiger partial charge is 0.369 e. The fourth-order valence-electron chi connectivity index (χ4n) is 3.17. The zero-order chi connectivity index (χ0) is 18.5. The summed E-state index contributed by atoms with van der Waals surface area (Å²) in [5.74, 6) is -0.322. The summed E-state index contributed by atoms with van der Waals surface area (Å²) < 4.78 is 13.2. The number of amides is 1. The number of carbonyl (C=O) groups is 1. The second-order valence-electron chi connectivity index (χ2n) is 6.52. The Morgan fingerprint density at radius 3 is 2.50 bits per heavy atom. The minimum Gasteiger partial charge on any atom is -0.369 e. The molecule has 1 aliphatic heterocycles. The Morgan fingerprint density at radius 1 is 1.15 bits per heavy atom. The lowest BCUT2D eigenvalue weighted by Crippen LogP contribution is -2.53. The molecular formula is C20H23ClFN3O. The minimum atomic E-state index is -0.289. The second-order valence-corrected chi connectivity index (χ2v) is 6.96. The van der Waals surface area contributed by atoms with E-state index < -0.39 is 0 Å². The molecule has 1 aliphatic rings. The highest BCUT2D eigenvalue weighted by atomic mass is 35.5. The average Bonchev–Trinajstić information content (AvgIpc) is 2.66. The number of nitrogens with zero attached hydrogens (tertiary/aromatic N) is 2. The molecule has 0 bridgehead atoms. The van der Waals surface area contributed by atoms with Crippen LogP contribution >= 0.6 is 11.6 Å². The highest BCUT2D eigenvalue weighted by Crippen LogP contribution is 2.20. The molecule has 1 heterocycles. The Hall–Kier alpha value is -2.11. The van der Waals surface area contributed by atoms with Gasteiger partial charge in [0.25, 0.3) is 0 Å². The number of anilines is 1. The predicted octanol–water partition coefficient (Wildman–Crippen LogP) is 3.31. The van der Waals surface area contributed by atoms with Crippen LogP contribution in [0.1, 0.15) is 12.5 Å². The van der Waals surface area contributed by atoms with Crippen molar-refractivity contribution in [1.82, 2.24) is 10.2 Å². The van der Waals surface area contributed by atoms with E-state index in [0.717, 1.165) is 42.5 Å². The van der Waals surface area contributed by atoms with E-state index in [4.69, 9.17) is 11.6 Å². The Kier molecular flexibility index (Phi) is 6.12. The van der Waals surface area contributed by atoms with Gasteiger partial charge >= 0.3 is 0 Å². The minimum absolute atomic E-state index is 0.0331. The second kappa shape index (κ2) is 8.52. The van der Waals surface area contributed by atoms with Crippen molar-refractivity contribution in [3.05, 3.63) is 64.9 Å². The Bertz CT molecular complexity index is 745. The van der Waals surface area contributed by atoms with E-state index in [-0.39, 0.29) is 17.8 Å². The van der Waals surface area contributed by atoms with Crippen LogP contribution in [0.5, 0.6) is 0 Å². The third-order valence-corrected chi connectivity index (χ3v) is 5.04. The van der Waals surface area contributed by atoms with E-state index in [2.05, 4.69) is 15.1 Å². The van der Waals surface area contributed by atoms with E-state index in [0.29, 0.717) is 6.54 Å². The van der Waals surface area contributed by atoms with Crippen molar-refractivity contribution in [1.29, 1.82) is 0 Å². The molecule has 0 saturated carbocycles. The molecule has 1 N–H and O–H groups in total. The lowest BCUT2D eigenvalue weighted by Gasteiger charge is -2.38. The van der Waals surface area contributed by atoms with Gasteiger partial charge in [-0.1, -0.05) is 23.7 Å². The molecule has 138 valence electrons. The van der Waals surface area contributed by atoms with Gasteiger partial charge in [-0.15, -0.1) is 0 Å². The third kappa shape index (κ3) is 4.74. The molecule has 1 amide bonds. The molecule has 2 aromatic rings. The Balaban J connectivity index is 1.48. The molecule has 1 atom stereocenters. The highest BCUT2D eigenvalue weighted by molar-refractivity contribution is 6.30. The van der Waals surface area contributed by atoms with Gasteiger partial charge in [-0.3, -0.25) is 9.69 Å². The van der Waals surface area contributed by atoms with Gasteiger partial charge in [0.05, 0.1) is 6.04 Å². The molecular weight excluding hydrogens is 353 g/mol. The molecule has 0 radical (unpaired) electrons. The summed E-state index contributed by atoms with van der Waals surface area (Å²) in [6.45, 7) is 5.62. The van der Waals surface area contributed by atoms with Gasteiger partial charge in [0.1, 0.15) is 5.82 Å². The van der Waals surface area contributed by atoms with Crippen LogP contribution in [0.25, 0.3) is 0 Å². The maximum atomic E-state index is 13.2. The third-order valence-electron chi connectivity index (χ3n) is 4.79. The van der Waals surface area contributed by atoms with Gasteiger partial charge in [0.15, 0.2) is 0 Å².